The molecule has 0 aliphatic carbocycles. The lowest BCUT2D eigenvalue weighted by atomic mass is 10.2. The van der Waals surface area contributed by atoms with Gasteiger partial charge in [0.25, 0.3) is 5.69 Å². The zero-order valence-corrected chi connectivity index (χ0v) is 7.81. The van der Waals surface area contributed by atoms with Crippen LogP contribution in [0, 0.1) is 10.1 Å². The number of para-hydroxylation sites is 1. The summed E-state index contributed by atoms with van der Waals surface area (Å²) in [7, 11) is 1.33. The molecule has 63 valence electrons. The number of nitro groups is 1. The molecular weight excluding hydrogens is 174 g/mol. The van der Waals surface area contributed by atoms with Crippen molar-refractivity contribution in [3.8, 4) is 0 Å². The van der Waals surface area contributed by atoms with Crippen LogP contribution in [0.1, 0.15) is 5.56 Å². The Balaban J connectivity index is 3.00. The average Bonchev–Trinajstić information content (AvgIpc) is 2.05. The van der Waals surface area contributed by atoms with E-state index in [2.05, 4.69) is 0 Å². The number of rotatable bonds is 3. The molecule has 1 rings (SSSR count). The van der Waals surface area contributed by atoms with E-state index in [1.165, 1.54) is 16.6 Å². The Bertz CT molecular complexity index is 290. The highest BCUT2D eigenvalue weighted by atomic mass is 28.2. The molecule has 1 aromatic rings. The van der Waals surface area contributed by atoms with E-state index in [-0.39, 0.29) is 12.3 Å². The van der Waals surface area contributed by atoms with Crippen molar-refractivity contribution in [1.29, 1.82) is 0 Å². The van der Waals surface area contributed by atoms with Crippen molar-refractivity contribution in [3.05, 3.63) is 39.9 Å². The fourth-order valence-corrected chi connectivity index (χ4v) is 1.14. The summed E-state index contributed by atoms with van der Waals surface area (Å²) in [6.45, 7) is 0.287. The maximum Gasteiger partial charge on any atom is 0.274 e. The minimum absolute atomic E-state index is 0.115. The van der Waals surface area contributed by atoms with Crippen molar-refractivity contribution in [2.45, 2.75) is 6.61 Å². The molecule has 0 spiro atoms. The predicted octanol–water partition coefficient (Wildman–Crippen LogP) is 0.659. The first-order valence-electron chi connectivity index (χ1n) is 3.35. The van der Waals surface area contributed by atoms with Crippen molar-refractivity contribution in [1.82, 2.24) is 0 Å². The molecule has 0 unspecified atom stereocenters. The Hall–Kier alpha value is -1.20. The molecule has 0 amide bonds. The van der Waals surface area contributed by atoms with Crippen molar-refractivity contribution in [3.63, 3.8) is 0 Å². The Labute approximate surface area is 72.9 Å². The molecule has 0 N–H and O–H groups in total. The summed E-state index contributed by atoms with van der Waals surface area (Å²) in [5.74, 6) is 0. The highest BCUT2D eigenvalue weighted by Crippen LogP contribution is 2.17. The smallest absolute Gasteiger partial charge is 0.274 e. The van der Waals surface area contributed by atoms with E-state index in [4.69, 9.17) is 4.43 Å². The second-order valence-electron chi connectivity index (χ2n) is 2.23. The molecule has 0 heterocycles. The van der Waals surface area contributed by atoms with Crippen molar-refractivity contribution in [2.24, 2.45) is 0 Å². The normalized spacial score (nSPS) is 9.75. The van der Waals surface area contributed by atoms with Gasteiger partial charge in [0, 0.05) is 6.07 Å². The minimum Gasteiger partial charge on any atom is -0.421 e. The zero-order chi connectivity index (χ0) is 8.97. The molecule has 0 fully saturated rings. The van der Waals surface area contributed by atoms with Crippen molar-refractivity contribution < 1.29 is 9.35 Å². The van der Waals surface area contributed by atoms with Crippen LogP contribution in [-0.4, -0.2) is 15.4 Å². The molecule has 5 heteroatoms. The van der Waals surface area contributed by atoms with Crippen LogP contribution in [0.5, 0.6) is 0 Å². The number of hydrogen-bond donors (Lipinski definition) is 0. The van der Waals surface area contributed by atoms with Gasteiger partial charge in [0.2, 0.25) is 0 Å². The highest BCUT2D eigenvalue weighted by molar-refractivity contribution is 5.97. The van der Waals surface area contributed by atoms with E-state index in [9.17, 15) is 10.1 Å². The second-order valence-corrected chi connectivity index (χ2v) is 2.64. The Morgan fingerprint density at radius 3 is 2.75 bits per heavy atom. The van der Waals surface area contributed by atoms with Gasteiger partial charge in [-0.25, -0.2) is 0 Å². The third kappa shape index (κ3) is 1.90. The van der Waals surface area contributed by atoms with Gasteiger partial charge in [0.15, 0.2) is 10.5 Å². The summed E-state index contributed by atoms with van der Waals surface area (Å²) in [5, 5.41) is 10.4. The molecule has 12 heavy (non-hydrogen) atoms. The maximum atomic E-state index is 10.4. The standard InChI is InChI=1S/C7H8NO3Si/c9-8(10)7-4-2-1-3-6(7)5-11-12/h1-4H,5,12H2. The lowest BCUT2D eigenvalue weighted by Gasteiger charge is -1.99. The highest BCUT2D eigenvalue weighted by Gasteiger charge is 2.10. The van der Waals surface area contributed by atoms with Crippen molar-refractivity contribution in [2.75, 3.05) is 0 Å². The van der Waals surface area contributed by atoms with Crippen LogP contribution in [0.4, 0.5) is 5.69 Å². The lowest BCUT2D eigenvalue weighted by molar-refractivity contribution is -0.385. The molecule has 1 aromatic carbocycles. The summed E-state index contributed by atoms with van der Waals surface area (Å²) < 4.78 is 4.84. The summed E-state index contributed by atoms with van der Waals surface area (Å²) in [4.78, 5) is 10.0. The first-order valence-corrected chi connectivity index (χ1v) is 3.92. The molecule has 0 aromatic heterocycles. The molecule has 0 saturated heterocycles. The van der Waals surface area contributed by atoms with E-state index in [0.717, 1.165) is 0 Å². The topological polar surface area (TPSA) is 52.4 Å². The van der Waals surface area contributed by atoms with Crippen LogP contribution in [0.2, 0.25) is 0 Å². The van der Waals surface area contributed by atoms with E-state index < -0.39 is 4.92 Å². The molecule has 0 aliphatic heterocycles. The molecule has 0 atom stereocenters. The van der Waals surface area contributed by atoms with Crippen molar-refractivity contribution >= 4 is 16.2 Å². The van der Waals surface area contributed by atoms with Crippen LogP contribution in [0.3, 0.4) is 0 Å². The van der Waals surface area contributed by atoms with Crippen LogP contribution in [-0.2, 0) is 11.0 Å². The molecule has 1 radical (unpaired) electrons. The van der Waals surface area contributed by atoms with Gasteiger partial charge in [-0.05, 0) is 6.07 Å². The number of hydrogen-bond acceptors (Lipinski definition) is 3. The molecule has 4 nitrogen and oxygen atoms in total. The fraction of sp³-hybridized carbons (Fsp3) is 0.143. The maximum absolute atomic E-state index is 10.4. The number of nitrogens with zero attached hydrogens (tertiary/aromatic N) is 1. The van der Waals surface area contributed by atoms with Gasteiger partial charge in [0.05, 0.1) is 17.1 Å². The molecule has 0 bridgehead atoms. The van der Waals surface area contributed by atoms with Gasteiger partial charge in [0.1, 0.15) is 0 Å². The molecule has 0 aliphatic rings. The average molecular weight is 182 g/mol. The second kappa shape index (κ2) is 3.98. The van der Waals surface area contributed by atoms with Gasteiger partial charge in [-0.3, -0.25) is 10.1 Å². The van der Waals surface area contributed by atoms with Crippen LogP contribution in [0.25, 0.3) is 0 Å². The Morgan fingerprint density at radius 1 is 1.50 bits per heavy atom. The SMILES string of the molecule is O=[N+]([O-])c1ccccc1CO[SiH2]. The summed E-state index contributed by atoms with van der Waals surface area (Å²) in [6.07, 6.45) is 0. The summed E-state index contributed by atoms with van der Waals surface area (Å²) in [5.41, 5.74) is 0.724. The first kappa shape index (κ1) is 8.89. The Kier molecular flexibility index (Phi) is 2.95. The number of benzene rings is 1. The monoisotopic (exact) mass is 182 g/mol. The van der Waals surface area contributed by atoms with E-state index in [1.54, 1.807) is 18.2 Å². The van der Waals surface area contributed by atoms with E-state index in [0.29, 0.717) is 5.56 Å². The van der Waals surface area contributed by atoms with Gasteiger partial charge in [-0.2, -0.15) is 0 Å². The lowest BCUT2D eigenvalue weighted by Crippen LogP contribution is -1.96. The van der Waals surface area contributed by atoms with Crippen LogP contribution < -0.4 is 0 Å². The van der Waals surface area contributed by atoms with Crippen LogP contribution >= 0.6 is 0 Å². The summed E-state index contributed by atoms with van der Waals surface area (Å²) in [6, 6.07) is 6.55. The number of nitro benzene ring substituents is 1. The van der Waals surface area contributed by atoms with E-state index in [1.807, 2.05) is 0 Å². The van der Waals surface area contributed by atoms with Gasteiger partial charge in [-0.1, -0.05) is 12.1 Å². The minimum atomic E-state index is -0.405. The Morgan fingerprint density at radius 2 is 2.17 bits per heavy atom. The first-order chi connectivity index (χ1) is 5.75. The molecule has 0 saturated carbocycles. The van der Waals surface area contributed by atoms with Crippen LogP contribution in [0.15, 0.2) is 24.3 Å². The predicted molar refractivity (Wildman–Crippen MR) is 46.4 cm³/mol. The summed E-state index contributed by atoms with van der Waals surface area (Å²) >= 11 is 0. The molecular formula is C7H8NO3Si. The largest absolute Gasteiger partial charge is 0.421 e. The zero-order valence-electron chi connectivity index (χ0n) is 6.40. The third-order valence-corrected chi connectivity index (χ3v) is 1.65. The third-order valence-electron chi connectivity index (χ3n) is 1.45. The van der Waals surface area contributed by atoms with E-state index >= 15 is 0 Å². The van der Waals surface area contributed by atoms with Gasteiger partial charge >= 0.3 is 0 Å². The quantitative estimate of drug-likeness (QED) is 0.392. The van der Waals surface area contributed by atoms with Gasteiger partial charge in [-0.15, -0.1) is 0 Å². The van der Waals surface area contributed by atoms with Gasteiger partial charge < -0.3 is 4.43 Å². The fourth-order valence-electron chi connectivity index (χ4n) is 0.921.